The molecular weight excluding hydrogens is 374 g/mol. The SMILES string of the molecule is CCOc1ccc(NC(=O)COC(=O)[C@H](CC)Oc2ccccc2)cc1OCC. The lowest BCUT2D eigenvalue weighted by Crippen LogP contribution is -2.31. The van der Waals surface area contributed by atoms with Gasteiger partial charge < -0.3 is 24.3 Å². The summed E-state index contributed by atoms with van der Waals surface area (Å²) >= 11 is 0. The topological polar surface area (TPSA) is 83.1 Å². The molecule has 0 bridgehead atoms. The summed E-state index contributed by atoms with van der Waals surface area (Å²) in [5, 5.41) is 2.68. The van der Waals surface area contributed by atoms with Crippen molar-refractivity contribution in [3.8, 4) is 17.2 Å². The molecule has 0 radical (unpaired) electrons. The molecule has 2 aromatic carbocycles. The molecule has 7 heteroatoms. The standard InChI is InChI=1S/C22H27NO6/c1-4-18(29-17-10-8-7-9-11-17)22(25)28-15-21(24)23-16-12-13-19(26-5-2)20(14-16)27-6-3/h7-14,18H,4-6,15H2,1-3H3,(H,23,24)/t18-/m0/s1. The zero-order valence-electron chi connectivity index (χ0n) is 17.0. The van der Waals surface area contributed by atoms with Crippen molar-refractivity contribution in [1.82, 2.24) is 0 Å². The molecule has 0 fully saturated rings. The Bertz CT molecular complexity index is 793. The Kier molecular flexibility index (Phi) is 8.82. The third-order valence-electron chi connectivity index (χ3n) is 3.83. The van der Waals surface area contributed by atoms with Gasteiger partial charge in [-0.2, -0.15) is 0 Å². The average Bonchev–Trinajstić information content (AvgIpc) is 2.73. The van der Waals surface area contributed by atoms with Gasteiger partial charge >= 0.3 is 5.97 Å². The van der Waals surface area contributed by atoms with E-state index >= 15 is 0 Å². The maximum Gasteiger partial charge on any atom is 0.347 e. The van der Waals surface area contributed by atoms with Crippen LogP contribution in [0.1, 0.15) is 27.2 Å². The van der Waals surface area contributed by atoms with Gasteiger partial charge in [-0.25, -0.2) is 4.79 Å². The van der Waals surface area contributed by atoms with Gasteiger partial charge in [-0.15, -0.1) is 0 Å². The fourth-order valence-corrected chi connectivity index (χ4v) is 2.52. The van der Waals surface area contributed by atoms with E-state index in [4.69, 9.17) is 18.9 Å². The number of rotatable bonds is 11. The van der Waals surface area contributed by atoms with Gasteiger partial charge in [0.05, 0.1) is 13.2 Å². The van der Waals surface area contributed by atoms with Crippen molar-refractivity contribution in [3.05, 3.63) is 48.5 Å². The van der Waals surface area contributed by atoms with Crippen LogP contribution in [0.2, 0.25) is 0 Å². The van der Waals surface area contributed by atoms with Crippen molar-refractivity contribution in [3.63, 3.8) is 0 Å². The minimum Gasteiger partial charge on any atom is -0.490 e. The highest BCUT2D eigenvalue weighted by Gasteiger charge is 2.21. The van der Waals surface area contributed by atoms with Gasteiger partial charge in [0.25, 0.3) is 5.91 Å². The minimum absolute atomic E-state index is 0.412. The van der Waals surface area contributed by atoms with Gasteiger partial charge in [0.1, 0.15) is 5.75 Å². The molecule has 0 saturated carbocycles. The molecule has 0 aliphatic rings. The van der Waals surface area contributed by atoms with Crippen LogP contribution in [0.15, 0.2) is 48.5 Å². The summed E-state index contributed by atoms with van der Waals surface area (Å²) in [5.74, 6) is 0.653. The molecule has 1 amide bonds. The molecule has 156 valence electrons. The third kappa shape index (κ3) is 7.03. The highest BCUT2D eigenvalue weighted by molar-refractivity contribution is 5.93. The summed E-state index contributed by atoms with van der Waals surface area (Å²) in [4.78, 5) is 24.4. The van der Waals surface area contributed by atoms with E-state index in [1.54, 1.807) is 30.3 Å². The van der Waals surface area contributed by atoms with Crippen LogP contribution in [-0.2, 0) is 14.3 Å². The number of nitrogens with one attached hydrogen (secondary N) is 1. The molecule has 1 N–H and O–H groups in total. The van der Waals surface area contributed by atoms with E-state index in [9.17, 15) is 9.59 Å². The second-order valence-corrected chi connectivity index (χ2v) is 6.01. The molecule has 7 nitrogen and oxygen atoms in total. The number of carbonyl (C=O) groups is 2. The van der Waals surface area contributed by atoms with E-state index in [-0.39, 0.29) is 0 Å². The van der Waals surface area contributed by atoms with Crippen LogP contribution in [0.25, 0.3) is 0 Å². The zero-order chi connectivity index (χ0) is 21.1. The van der Waals surface area contributed by atoms with E-state index in [0.29, 0.717) is 42.6 Å². The molecular formula is C22H27NO6. The number of carbonyl (C=O) groups excluding carboxylic acids is 2. The number of esters is 1. The molecule has 0 aliphatic heterocycles. The van der Waals surface area contributed by atoms with E-state index < -0.39 is 24.6 Å². The molecule has 29 heavy (non-hydrogen) atoms. The first kappa shape index (κ1) is 22.1. The number of anilines is 1. The monoisotopic (exact) mass is 401 g/mol. The highest BCUT2D eigenvalue weighted by Crippen LogP contribution is 2.30. The Morgan fingerprint density at radius 1 is 0.931 bits per heavy atom. The maximum atomic E-state index is 12.2. The number of amides is 1. The second kappa shape index (κ2) is 11.6. The fourth-order valence-electron chi connectivity index (χ4n) is 2.52. The van der Waals surface area contributed by atoms with Gasteiger partial charge in [-0.1, -0.05) is 25.1 Å². The van der Waals surface area contributed by atoms with Crippen molar-refractivity contribution in [2.75, 3.05) is 25.1 Å². The summed E-state index contributed by atoms with van der Waals surface area (Å²) in [5.41, 5.74) is 0.519. The molecule has 2 aromatic rings. The predicted molar refractivity (Wildman–Crippen MR) is 110 cm³/mol. The van der Waals surface area contributed by atoms with Crippen LogP contribution >= 0.6 is 0 Å². The number of ether oxygens (including phenoxy) is 4. The predicted octanol–water partition coefficient (Wildman–Crippen LogP) is 3.82. The molecule has 1 atom stereocenters. The largest absolute Gasteiger partial charge is 0.490 e. The molecule has 0 aliphatic carbocycles. The van der Waals surface area contributed by atoms with Gasteiger partial charge in [-0.05, 0) is 44.5 Å². The minimum atomic E-state index is -0.778. The van der Waals surface area contributed by atoms with E-state index in [2.05, 4.69) is 5.32 Å². The van der Waals surface area contributed by atoms with Gasteiger partial charge in [0.2, 0.25) is 0 Å². The molecule has 2 rings (SSSR count). The zero-order valence-corrected chi connectivity index (χ0v) is 17.0. The Labute approximate surface area is 170 Å². The Hall–Kier alpha value is -3.22. The summed E-state index contributed by atoms with van der Waals surface area (Å²) in [6.45, 7) is 6.11. The summed E-state index contributed by atoms with van der Waals surface area (Å²) in [6, 6.07) is 14.1. The number of para-hydroxylation sites is 1. The Morgan fingerprint density at radius 3 is 2.28 bits per heavy atom. The van der Waals surface area contributed by atoms with Crippen LogP contribution in [0.5, 0.6) is 17.2 Å². The number of benzene rings is 2. The first-order valence-corrected chi connectivity index (χ1v) is 9.65. The average molecular weight is 401 g/mol. The Balaban J connectivity index is 1.89. The normalized spacial score (nSPS) is 11.3. The lowest BCUT2D eigenvalue weighted by atomic mass is 10.2. The Morgan fingerprint density at radius 2 is 1.62 bits per heavy atom. The van der Waals surface area contributed by atoms with E-state index in [1.165, 1.54) is 0 Å². The van der Waals surface area contributed by atoms with Crippen LogP contribution < -0.4 is 19.5 Å². The van der Waals surface area contributed by atoms with Gasteiger partial charge in [0, 0.05) is 11.8 Å². The number of hydrogen-bond acceptors (Lipinski definition) is 6. The van der Waals surface area contributed by atoms with Crippen LogP contribution in [-0.4, -0.2) is 37.8 Å². The lowest BCUT2D eigenvalue weighted by Gasteiger charge is -2.16. The summed E-state index contributed by atoms with van der Waals surface area (Å²) in [7, 11) is 0. The van der Waals surface area contributed by atoms with Crippen molar-refractivity contribution in [2.45, 2.75) is 33.3 Å². The van der Waals surface area contributed by atoms with Gasteiger partial charge in [0.15, 0.2) is 24.2 Å². The lowest BCUT2D eigenvalue weighted by molar-refractivity contribution is -0.154. The molecule has 0 unspecified atom stereocenters. The van der Waals surface area contributed by atoms with Crippen LogP contribution in [0.3, 0.4) is 0 Å². The first-order chi connectivity index (χ1) is 14.1. The first-order valence-electron chi connectivity index (χ1n) is 9.65. The number of hydrogen-bond donors (Lipinski definition) is 1. The molecule has 0 spiro atoms. The van der Waals surface area contributed by atoms with E-state index in [0.717, 1.165) is 0 Å². The molecule has 0 saturated heterocycles. The van der Waals surface area contributed by atoms with Gasteiger partial charge in [-0.3, -0.25) is 4.79 Å². The fraction of sp³-hybridized carbons (Fsp3) is 0.364. The van der Waals surface area contributed by atoms with E-state index in [1.807, 2.05) is 39.0 Å². The summed E-state index contributed by atoms with van der Waals surface area (Å²) < 4.78 is 21.8. The van der Waals surface area contributed by atoms with Crippen molar-refractivity contribution < 1.29 is 28.5 Å². The second-order valence-electron chi connectivity index (χ2n) is 6.01. The van der Waals surface area contributed by atoms with Crippen molar-refractivity contribution in [1.29, 1.82) is 0 Å². The van der Waals surface area contributed by atoms with Crippen molar-refractivity contribution >= 4 is 17.6 Å². The smallest absolute Gasteiger partial charge is 0.347 e. The third-order valence-corrected chi connectivity index (χ3v) is 3.83. The maximum absolute atomic E-state index is 12.2. The van der Waals surface area contributed by atoms with Crippen molar-refractivity contribution in [2.24, 2.45) is 0 Å². The molecule has 0 heterocycles. The summed E-state index contributed by atoms with van der Waals surface area (Å²) in [6.07, 6.45) is -0.355. The quantitative estimate of drug-likeness (QED) is 0.576. The molecule has 0 aromatic heterocycles. The van der Waals surface area contributed by atoms with Crippen LogP contribution in [0, 0.1) is 0 Å². The highest BCUT2D eigenvalue weighted by atomic mass is 16.6. The van der Waals surface area contributed by atoms with Crippen LogP contribution in [0.4, 0.5) is 5.69 Å².